The van der Waals surface area contributed by atoms with Crippen LogP contribution in [0.3, 0.4) is 0 Å². The third-order valence-corrected chi connectivity index (χ3v) is 3.35. The van der Waals surface area contributed by atoms with Gasteiger partial charge >= 0.3 is 0 Å². The van der Waals surface area contributed by atoms with Gasteiger partial charge in [-0.15, -0.1) is 0 Å². The Kier molecular flexibility index (Phi) is 5.42. The molecular weight excluding hydrogens is 293 g/mol. The number of halogens is 2. The summed E-state index contributed by atoms with van der Waals surface area (Å²) < 4.78 is 24.6. The van der Waals surface area contributed by atoms with Crippen molar-refractivity contribution in [1.29, 1.82) is 0 Å². The van der Waals surface area contributed by atoms with Crippen LogP contribution in [0.4, 0.5) is 4.39 Å². The minimum atomic E-state index is -0.364. The second-order valence-corrected chi connectivity index (χ2v) is 4.91. The molecule has 0 aromatic heterocycles. The van der Waals surface area contributed by atoms with Gasteiger partial charge in [0, 0.05) is 23.7 Å². The van der Waals surface area contributed by atoms with E-state index in [-0.39, 0.29) is 12.4 Å². The molecule has 0 radical (unpaired) electrons. The van der Waals surface area contributed by atoms with Gasteiger partial charge in [0.15, 0.2) is 0 Å². The number of hydrogen-bond donors (Lipinski definition) is 1. The van der Waals surface area contributed by atoms with Crippen LogP contribution in [-0.4, -0.2) is 14.2 Å². The molecule has 5 heteroatoms. The van der Waals surface area contributed by atoms with E-state index >= 15 is 0 Å². The highest BCUT2D eigenvalue weighted by atomic mass is 35.5. The van der Waals surface area contributed by atoms with Gasteiger partial charge in [0.1, 0.15) is 23.9 Å². The van der Waals surface area contributed by atoms with Crippen LogP contribution < -0.4 is 14.8 Å². The van der Waals surface area contributed by atoms with Gasteiger partial charge in [0.25, 0.3) is 0 Å². The molecule has 1 N–H and O–H groups in total. The van der Waals surface area contributed by atoms with Crippen LogP contribution in [0.1, 0.15) is 11.1 Å². The molecule has 0 aliphatic rings. The molecule has 2 aromatic rings. The highest BCUT2D eigenvalue weighted by Crippen LogP contribution is 2.30. The maximum absolute atomic E-state index is 13.9. The molecule has 0 aliphatic heterocycles. The lowest BCUT2D eigenvalue weighted by molar-refractivity contribution is 0.296. The van der Waals surface area contributed by atoms with Crippen molar-refractivity contribution < 1.29 is 13.9 Å². The quantitative estimate of drug-likeness (QED) is 0.880. The number of rotatable bonds is 6. The molecule has 0 saturated heterocycles. The summed E-state index contributed by atoms with van der Waals surface area (Å²) in [7, 11) is 3.34. The zero-order valence-corrected chi connectivity index (χ0v) is 12.7. The molecule has 0 amide bonds. The standard InChI is InChI=1S/C16H17ClFNO2/c1-19-9-11-4-3-5-14(17)16(11)21-10-12-6-7-13(20-2)8-15(12)18/h3-8,19H,9-10H2,1-2H3. The third-order valence-electron chi connectivity index (χ3n) is 3.05. The Bertz CT molecular complexity index is 619. The van der Waals surface area contributed by atoms with Crippen LogP contribution in [0.5, 0.6) is 11.5 Å². The Labute approximate surface area is 128 Å². The lowest BCUT2D eigenvalue weighted by atomic mass is 10.2. The molecule has 0 fully saturated rings. The SMILES string of the molecule is CNCc1cccc(Cl)c1OCc1ccc(OC)cc1F. The Hall–Kier alpha value is -1.78. The third kappa shape index (κ3) is 3.86. The predicted molar refractivity (Wildman–Crippen MR) is 81.5 cm³/mol. The lowest BCUT2D eigenvalue weighted by Crippen LogP contribution is -2.08. The first-order valence-electron chi connectivity index (χ1n) is 6.53. The van der Waals surface area contributed by atoms with Crippen molar-refractivity contribution in [3.8, 4) is 11.5 Å². The summed E-state index contributed by atoms with van der Waals surface area (Å²) in [5.41, 5.74) is 1.38. The van der Waals surface area contributed by atoms with E-state index in [2.05, 4.69) is 5.32 Å². The first kappa shape index (κ1) is 15.6. The van der Waals surface area contributed by atoms with E-state index in [4.69, 9.17) is 21.1 Å². The van der Waals surface area contributed by atoms with Crippen molar-refractivity contribution in [3.05, 3.63) is 58.4 Å². The lowest BCUT2D eigenvalue weighted by Gasteiger charge is -2.13. The molecule has 0 aliphatic carbocycles. The van der Waals surface area contributed by atoms with Gasteiger partial charge < -0.3 is 14.8 Å². The van der Waals surface area contributed by atoms with Crippen molar-refractivity contribution in [2.45, 2.75) is 13.2 Å². The largest absolute Gasteiger partial charge is 0.497 e. The smallest absolute Gasteiger partial charge is 0.142 e. The monoisotopic (exact) mass is 309 g/mol. The molecule has 3 nitrogen and oxygen atoms in total. The van der Waals surface area contributed by atoms with Crippen LogP contribution in [0.25, 0.3) is 0 Å². The van der Waals surface area contributed by atoms with Gasteiger partial charge in [0.2, 0.25) is 0 Å². The summed E-state index contributed by atoms with van der Waals surface area (Å²) in [6.07, 6.45) is 0. The van der Waals surface area contributed by atoms with E-state index in [9.17, 15) is 4.39 Å². The molecule has 0 unspecified atom stereocenters. The fourth-order valence-corrected chi connectivity index (χ4v) is 2.22. The van der Waals surface area contributed by atoms with E-state index in [1.165, 1.54) is 13.2 Å². The maximum Gasteiger partial charge on any atom is 0.142 e. The first-order chi connectivity index (χ1) is 10.2. The van der Waals surface area contributed by atoms with E-state index in [1.807, 2.05) is 19.2 Å². The van der Waals surface area contributed by atoms with Crippen molar-refractivity contribution >= 4 is 11.6 Å². The normalized spacial score (nSPS) is 10.5. The zero-order valence-electron chi connectivity index (χ0n) is 12.0. The van der Waals surface area contributed by atoms with E-state index in [0.717, 1.165) is 5.56 Å². The molecular formula is C16H17ClFNO2. The molecule has 0 atom stereocenters. The highest BCUT2D eigenvalue weighted by Gasteiger charge is 2.10. The minimum Gasteiger partial charge on any atom is -0.497 e. The van der Waals surface area contributed by atoms with Gasteiger partial charge in [-0.05, 0) is 25.2 Å². The van der Waals surface area contributed by atoms with Crippen molar-refractivity contribution in [2.24, 2.45) is 0 Å². The number of hydrogen-bond acceptors (Lipinski definition) is 3. The molecule has 2 rings (SSSR count). The number of methoxy groups -OCH3 is 1. The molecule has 0 heterocycles. The summed E-state index contributed by atoms with van der Waals surface area (Å²) in [6.45, 7) is 0.733. The van der Waals surface area contributed by atoms with E-state index in [1.54, 1.807) is 18.2 Å². The van der Waals surface area contributed by atoms with Crippen molar-refractivity contribution in [3.63, 3.8) is 0 Å². The van der Waals surface area contributed by atoms with Crippen LogP contribution in [0.2, 0.25) is 5.02 Å². The second-order valence-electron chi connectivity index (χ2n) is 4.50. The van der Waals surface area contributed by atoms with Gasteiger partial charge in [-0.2, -0.15) is 0 Å². The van der Waals surface area contributed by atoms with Crippen molar-refractivity contribution in [1.82, 2.24) is 5.32 Å². The molecule has 0 saturated carbocycles. The summed E-state index contributed by atoms with van der Waals surface area (Å²) >= 11 is 6.15. The predicted octanol–water partition coefficient (Wildman–Crippen LogP) is 3.79. The van der Waals surface area contributed by atoms with Gasteiger partial charge in [-0.3, -0.25) is 0 Å². The Morgan fingerprint density at radius 1 is 1.19 bits per heavy atom. The summed E-state index contributed by atoms with van der Waals surface area (Å²) in [4.78, 5) is 0. The summed E-state index contributed by atoms with van der Waals surface area (Å²) in [5, 5.41) is 3.56. The summed E-state index contributed by atoms with van der Waals surface area (Å²) in [5.74, 6) is 0.685. The van der Waals surface area contributed by atoms with Crippen LogP contribution >= 0.6 is 11.6 Å². The van der Waals surface area contributed by atoms with Gasteiger partial charge in [-0.25, -0.2) is 4.39 Å². The second kappa shape index (κ2) is 7.29. The van der Waals surface area contributed by atoms with E-state index in [0.29, 0.717) is 28.6 Å². The van der Waals surface area contributed by atoms with Crippen molar-refractivity contribution in [2.75, 3.05) is 14.2 Å². The number of ether oxygens (including phenoxy) is 2. The average Bonchev–Trinajstić information content (AvgIpc) is 2.48. The van der Waals surface area contributed by atoms with Gasteiger partial charge in [0.05, 0.1) is 12.1 Å². The molecule has 21 heavy (non-hydrogen) atoms. The van der Waals surface area contributed by atoms with Crippen LogP contribution in [-0.2, 0) is 13.2 Å². The summed E-state index contributed by atoms with van der Waals surface area (Å²) in [6, 6.07) is 10.2. The topological polar surface area (TPSA) is 30.5 Å². The maximum atomic E-state index is 13.9. The van der Waals surface area contributed by atoms with Gasteiger partial charge in [-0.1, -0.05) is 23.7 Å². The molecule has 112 valence electrons. The highest BCUT2D eigenvalue weighted by molar-refractivity contribution is 6.32. The fourth-order valence-electron chi connectivity index (χ4n) is 1.97. The van der Waals surface area contributed by atoms with Crippen LogP contribution in [0.15, 0.2) is 36.4 Å². The Morgan fingerprint density at radius 3 is 2.67 bits per heavy atom. The minimum absolute atomic E-state index is 0.107. The number of nitrogens with one attached hydrogen (secondary N) is 1. The number of para-hydroxylation sites is 1. The zero-order chi connectivity index (χ0) is 15.2. The fraction of sp³-hybridized carbons (Fsp3) is 0.250. The average molecular weight is 310 g/mol. The Morgan fingerprint density at radius 2 is 2.00 bits per heavy atom. The molecule has 0 spiro atoms. The van der Waals surface area contributed by atoms with E-state index < -0.39 is 0 Å². The first-order valence-corrected chi connectivity index (χ1v) is 6.90. The Balaban J connectivity index is 2.16. The molecule has 2 aromatic carbocycles. The number of benzene rings is 2. The van der Waals surface area contributed by atoms with Crippen LogP contribution in [0, 0.1) is 5.82 Å². The molecule has 0 bridgehead atoms.